The summed E-state index contributed by atoms with van der Waals surface area (Å²) < 4.78 is 0. The number of hydrogen-bond donors (Lipinski definition) is 2. The quantitative estimate of drug-likeness (QED) is 0.623. The lowest BCUT2D eigenvalue weighted by molar-refractivity contribution is -0.385. The summed E-state index contributed by atoms with van der Waals surface area (Å²) in [4.78, 5) is 23.0. The Balaban J connectivity index is 2.73. The summed E-state index contributed by atoms with van der Waals surface area (Å²) in [6, 6.07) is 1.27. The van der Waals surface area contributed by atoms with Crippen LogP contribution >= 0.6 is 11.3 Å². The summed E-state index contributed by atoms with van der Waals surface area (Å²) in [5, 5.41) is 23.6. The molecule has 20 heavy (non-hydrogen) atoms. The lowest BCUT2D eigenvalue weighted by atomic mass is 9.88. The van der Waals surface area contributed by atoms with E-state index in [9.17, 15) is 20.0 Å². The number of thiophene rings is 1. The van der Waals surface area contributed by atoms with Crippen LogP contribution in [-0.4, -0.2) is 28.1 Å². The summed E-state index contributed by atoms with van der Waals surface area (Å²) >= 11 is 1.08. The van der Waals surface area contributed by atoms with Crippen LogP contribution in [0.5, 0.6) is 0 Å². The van der Waals surface area contributed by atoms with Crippen LogP contribution < -0.4 is 5.32 Å². The molecule has 1 rings (SSSR count). The Labute approximate surface area is 122 Å². The second-order valence-electron chi connectivity index (χ2n) is 5.16. The van der Waals surface area contributed by atoms with Crippen molar-refractivity contribution in [3.05, 3.63) is 25.9 Å². The van der Waals surface area contributed by atoms with Gasteiger partial charge in [-0.2, -0.15) is 0 Å². The van der Waals surface area contributed by atoms with Gasteiger partial charge >= 0.3 is 0 Å². The predicted molar refractivity (Wildman–Crippen MR) is 78.1 cm³/mol. The lowest BCUT2D eigenvalue weighted by Crippen LogP contribution is -2.44. The number of rotatable bonds is 6. The summed E-state index contributed by atoms with van der Waals surface area (Å²) in [5.41, 5.74) is -1.04. The van der Waals surface area contributed by atoms with Crippen molar-refractivity contribution in [3.8, 4) is 0 Å². The summed E-state index contributed by atoms with van der Waals surface area (Å²) in [5.74, 6) is -0.350. The molecule has 2 unspecified atom stereocenters. The number of aliphatic hydroxyl groups is 1. The minimum Gasteiger partial charge on any atom is -0.388 e. The van der Waals surface area contributed by atoms with Crippen LogP contribution in [0.25, 0.3) is 0 Å². The first kappa shape index (κ1) is 16.6. The van der Waals surface area contributed by atoms with E-state index >= 15 is 0 Å². The molecule has 6 nitrogen and oxygen atoms in total. The summed E-state index contributed by atoms with van der Waals surface area (Å²) in [6.45, 7) is 7.27. The van der Waals surface area contributed by atoms with Gasteiger partial charge in [-0.25, -0.2) is 0 Å². The molecule has 0 aliphatic heterocycles. The molecule has 1 aromatic rings. The zero-order chi connectivity index (χ0) is 15.5. The molecule has 0 spiro atoms. The second-order valence-corrected chi connectivity index (χ2v) is 6.41. The van der Waals surface area contributed by atoms with Gasteiger partial charge in [0.25, 0.3) is 11.6 Å². The molecule has 0 radical (unpaired) electrons. The Morgan fingerprint density at radius 3 is 2.70 bits per heavy atom. The molecule has 1 aromatic heterocycles. The first-order chi connectivity index (χ1) is 9.19. The van der Waals surface area contributed by atoms with E-state index < -0.39 is 16.4 Å². The van der Waals surface area contributed by atoms with E-state index in [1.54, 1.807) is 13.8 Å². The highest BCUT2D eigenvalue weighted by Crippen LogP contribution is 2.28. The normalized spacial score (nSPS) is 15.4. The maximum atomic E-state index is 12.0. The number of carbonyl (C=O) groups excluding carboxylic acids is 1. The van der Waals surface area contributed by atoms with E-state index in [-0.39, 0.29) is 23.0 Å². The van der Waals surface area contributed by atoms with Gasteiger partial charge in [-0.15, -0.1) is 11.3 Å². The number of hydrogen-bond acceptors (Lipinski definition) is 5. The minimum atomic E-state index is -0.997. The molecule has 7 heteroatoms. The molecule has 0 aromatic carbocycles. The van der Waals surface area contributed by atoms with Gasteiger partial charge in [0, 0.05) is 12.6 Å². The van der Waals surface area contributed by atoms with Crippen molar-refractivity contribution in [1.29, 1.82) is 0 Å². The van der Waals surface area contributed by atoms with Crippen LogP contribution in [0.15, 0.2) is 6.07 Å². The number of nitrogens with one attached hydrogen (secondary N) is 1. The van der Waals surface area contributed by atoms with Gasteiger partial charge in [-0.3, -0.25) is 14.9 Å². The van der Waals surface area contributed by atoms with Crippen molar-refractivity contribution in [1.82, 2.24) is 5.32 Å². The average Bonchev–Trinajstić information content (AvgIpc) is 2.77. The monoisotopic (exact) mass is 300 g/mol. The Kier molecular flexibility index (Phi) is 5.24. The molecule has 0 fully saturated rings. The first-order valence-corrected chi connectivity index (χ1v) is 7.26. The fourth-order valence-corrected chi connectivity index (χ4v) is 2.63. The van der Waals surface area contributed by atoms with E-state index in [2.05, 4.69) is 5.32 Å². The highest BCUT2D eigenvalue weighted by molar-refractivity contribution is 7.14. The number of aryl methyl sites for hydroxylation is 1. The zero-order valence-corrected chi connectivity index (χ0v) is 12.9. The molecular weight excluding hydrogens is 280 g/mol. The fourth-order valence-electron chi connectivity index (χ4n) is 1.73. The SMILES string of the molecule is CCC(C)C(C)(O)CNC(=O)c1cc([N+](=O)[O-])c(C)s1. The van der Waals surface area contributed by atoms with Crippen molar-refractivity contribution in [2.24, 2.45) is 5.92 Å². The van der Waals surface area contributed by atoms with Crippen molar-refractivity contribution >= 4 is 22.9 Å². The largest absolute Gasteiger partial charge is 0.388 e. The van der Waals surface area contributed by atoms with Crippen molar-refractivity contribution < 1.29 is 14.8 Å². The van der Waals surface area contributed by atoms with Gasteiger partial charge in [-0.1, -0.05) is 20.3 Å². The highest BCUT2D eigenvalue weighted by atomic mass is 32.1. The molecule has 1 amide bonds. The average molecular weight is 300 g/mol. The van der Waals surface area contributed by atoms with Gasteiger partial charge in [0.1, 0.15) is 0 Å². The van der Waals surface area contributed by atoms with Crippen LogP contribution in [0, 0.1) is 23.0 Å². The maximum absolute atomic E-state index is 12.0. The Hall–Kier alpha value is -1.47. The van der Waals surface area contributed by atoms with Gasteiger partial charge in [-0.05, 0) is 19.8 Å². The smallest absolute Gasteiger partial charge is 0.283 e. The highest BCUT2D eigenvalue weighted by Gasteiger charge is 2.28. The number of carbonyl (C=O) groups is 1. The standard InChI is InChI=1S/C13H20N2O4S/c1-5-8(2)13(4,17)7-14-12(16)11-6-10(15(18)19)9(3)20-11/h6,8,17H,5,7H2,1-4H3,(H,14,16). The van der Waals surface area contributed by atoms with Crippen LogP contribution in [0.2, 0.25) is 0 Å². The molecule has 0 bridgehead atoms. The van der Waals surface area contributed by atoms with Crippen molar-refractivity contribution in [2.45, 2.75) is 39.7 Å². The number of nitro groups is 1. The lowest BCUT2D eigenvalue weighted by Gasteiger charge is -2.29. The topological polar surface area (TPSA) is 92.5 Å². The molecule has 0 aliphatic rings. The molecular formula is C13H20N2O4S. The van der Waals surface area contributed by atoms with E-state index in [0.717, 1.165) is 17.8 Å². The zero-order valence-electron chi connectivity index (χ0n) is 12.1. The molecule has 2 N–H and O–H groups in total. The van der Waals surface area contributed by atoms with Crippen LogP contribution in [0.3, 0.4) is 0 Å². The summed E-state index contributed by atoms with van der Waals surface area (Å²) in [7, 11) is 0. The van der Waals surface area contributed by atoms with Crippen LogP contribution in [0.4, 0.5) is 5.69 Å². The number of nitrogens with zero attached hydrogens (tertiary/aromatic N) is 1. The van der Waals surface area contributed by atoms with E-state index in [1.807, 2.05) is 13.8 Å². The molecule has 0 saturated carbocycles. The Morgan fingerprint density at radius 2 is 2.25 bits per heavy atom. The molecule has 112 valence electrons. The molecule has 0 saturated heterocycles. The minimum absolute atomic E-state index is 0.0437. The van der Waals surface area contributed by atoms with E-state index in [4.69, 9.17) is 0 Å². The molecule has 0 aliphatic carbocycles. The van der Waals surface area contributed by atoms with Crippen molar-refractivity contribution in [3.63, 3.8) is 0 Å². The number of amides is 1. The third kappa shape index (κ3) is 3.77. The molecule has 1 heterocycles. The fraction of sp³-hybridized carbons (Fsp3) is 0.615. The summed E-state index contributed by atoms with van der Waals surface area (Å²) in [6.07, 6.45) is 0.798. The van der Waals surface area contributed by atoms with Crippen LogP contribution in [0.1, 0.15) is 41.7 Å². The first-order valence-electron chi connectivity index (χ1n) is 6.44. The maximum Gasteiger partial charge on any atom is 0.283 e. The second kappa shape index (κ2) is 6.32. The predicted octanol–water partition coefficient (Wildman–Crippen LogP) is 2.49. The van der Waals surface area contributed by atoms with Gasteiger partial charge in [0.2, 0.25) is 0 Å². The Bertz CT molecular complexity index is 510. The molecule has 2 atom stereocenters. The van der Waals surface area contributed by atoms with Crippen molar-refractivity contribution in [2.75, 3.05) is 6.54 Å². The van der Waals surface area contributed by atoms with Crippen LogP contribution in [-0.2, 0) is 0 Å². The van der Waals surface area contributed by atoms with Gasteiger partial charge < -0.3 is 10.4 Å². The third-order valence-corrected chi connectivity index (χ3v) is 4.63. The van der Waals surface area contributed by atoms with Gasteiger partial charge in [0.05, 0.1) is 20.3 Å². The third-order valence-electron chi connectivity index (χ3n) is 3.59. The van der Waals surface area contributed by atoms with E-state index in [1.165, 1.54) is 6.07 Å². The Morgan fingerprint density at radius 1 is 1.65 bits per heavy atom. The van der Waals surface area contributed by atoms with Gasteiger partial charge in [0.15, 0.2) is 0 Å². The van der Waals surface area contributed by atoms with E-state index in [0.29, 0.717) is 4.88 Å².